The summed E-state index contributed by atoms with van der Waals surface area (Å²) in [5.41, 5.74) is 6.32. The quantitative estimate of drug-likeness (QED) is 0.664. The number of benzene rings is 1. The third kappa shape index (κ3) is 3.31. The lowest BCUT2D eigenvalue weighted by Gasteiger charge is -2.45. The molecule has 5 rings (SSSR count). The Hall–Kier alpha value is -2.47. The summed E-state index contributed by atoms with van der Waals surface area (Å²) in [5.74, 6) is 1.55. The van der Waals surface area contributed by atoms with Gasteiger partial charge in [-0.2, -0.15) is 0 Å². The molecule has 0 saturated heterocycles. The van der Waals surface area contributed by atoms with E-state index in [2.05, 4.69) is 65.5 Å². The molecule has 0 bridgehead atoms. The van der Waals surface area contributed by atoms with Crippen molar-refractivity contribution in [3.63, 3.8) is 0 Å². The second-order valence-corrected chi connectivity index (χ2v) is 10.5. The highest BCUT2D eigenvalue weighted by Crippen LogP contribution is 2.56. The van der Waals surface area contributed by atoms with Gasteiger partial charge < -0.3 is 10.6 Å². The van der Waals surface area contributed by atoms with Crippen LogP contribution in [0.2, 0.25) is 0 Å². The summed E-state index contributed by atoms with van der Waals surface area (Å²) < 4.78 is 0. The molecule has 2 aliphatic carbocycles. The van der Waals surface area contributed by atoms with Crippen molar-refractivity contribution in [2.45, 2.75) is 83.7 Å². The van der Waals surface area contributed by atoms with E-state index in [1.807, 2.05) is 6.92 Å². The lowest BCUT2D eigenvalue weighted by Crippen LogP contribution is -2.47. The van der Waals surface area contributed by atoms with Crippen LogP contribution in [0.25, 0.3) is 0 Å². The molecule has 3 aliphatic rings. The average molecular weight is 434 g/mol. The number of nitrogens with one attached hydrogen (secondary N) is 2. The van der Waals surface area contributed by atoms with Gasteiger partial charge in [-0.05, 0) is 89.2 Å². The molecule has 1 spiro atoms. The third-order valence-electron chi connectivity index (χ3n) is 8.15. The number of fused-ring (bicyclic) bond motifs is 2. The normalized spacial score (nSPS) is 21.4. The van der Waals surface area contributed by atoms with Crippen LogP contribution < -0.4 is 10.6 Å². The topological polar surface area (TPSA) is 70.1 Å². The number of carbonyl (C=O) groups excluding carboxylic acids is 1. The maximum absolute atomic E-state index is 12.2. The maximum Gasteiger partial charge on any atom is 0.228 e. The fourth-order valence-corrected chi connectivity index (χ4v) is 6.07. The molecule has 1 amide bonds. The van der Waals surface area contributed by atoms with Crippen LogP contribution in [-0.2, 0) is 15.9 Å². The molecule has 0 unspecified atom stereocenters. The second kappa shape index (κ2) is 7.55. The monoisotopic (exact) mass is 433 g/mol. The van der Waals surface area contributed by atoms with Gasteiger partial charge in [0, 0.05) is 28.2 Å². The summed E-state index contributed by atoms with van der Waals surface area (Å²) in [6.45, 7) is 8.91. The van der Waals surface area contributed by atoms with Gasteiger partial charge in [-0.1, -0.05) is 19.3 Å². The van der Waals surface area contributed by atoms with Gasteiger partial charge in [0.15, 0.2) is 0 Å². The number of nitrogens with zero attached hydrogens (tertiary/aromatic N) is 3. The highest BCUT2D eigenvalue weighted by atomic mass is 16.2. The van der Waals surface area contributed by atoms with Crippen molar-refractivity contribution in [2.75, 3.05) is 17.7 Å². The molecule has 6 heteroatoms. The first-order chi connectivity index (χ1) is 15.2. The van der Waals surface area contributed by atoms with Crippen LogP contribution >= 0.6 is 0 Å². The van der Waals surface area contributed by atoms with E-state index in [1.165, 1.54) is 55.1 Å². The van der Waals surface area contributed by atoms with Crippen molar-refractivity contribution in [3.05, 3.63) is 40.7 Å². The van der Waals surface area contributed by atoms with Crippen LogP contribution in [0.4, 0.5) is 17.3 Å². The molecule has 0 radical (unpaired) electrons. The molecule has 1 aromatic carbocycles. The molecule has 2 saturated carbocycles. The zero-order valence-electron chi connectivity index (χ0n) is 20.0. The van der Waals surface area contributed by atoms with E-state index in [4.69, 9.17) is 0 Å². The van der Waals surface area contributed by atoms with Crippen molar-refractivity contribution < 1.29 is 4.79 Å². The van der Waals surface area contributed by atoms with E-state index in [0.717, 1.165) is 29.9 Å². The molecule has 170 valence electrons. The summed E-state index contributed by atoms with van der Waals surface area (Å²) in [5, 5.41) is 6.52. The molecule has 2 fully saturated rings. The van der Waals surface area contributed by atoms with Crippen LogP contribution in [0.3, 0.4) is 0 Å². The maximum atomic E-state index is 12.2. The van der Waals surface area contributed by atoms with Crippen LogP contribution in [0.15, 0.2) is 18.5 Å². The number of hydrogen-bond acceptors (Lipinski definition) is 5. The van der Waals surface area contributed by atoms with Crippen molar-refractivity contribution in [1.82, 2.24) is 14.9 Å². The predicted molar refractivity (Wildman–Crippen MR) is 128 cm³/mol. The number of anilines is 3. The van der Waals surface area contributed by atoms with E-state index in [9.17, 15) is 4.79 Å². The molecule has 1 aromatic heterocycles. The molecule has 6 nitrogen and oxygen atoms in total. The van der Waals surface area contributed by atoms with E-state index in [1.54, 1.807) is 0 Å². The zero-order valence-corrected chi connectivity index (χ0v) is 20.0. The number of hydrogen-bond donors (Lipinski definition) is 2. The van der Waals surface area contributed by atoms with Gasteiger partial charge in [0.05, 0.1) is 0 Å². The number of rotatable bonds is 4. The summed E-state index contributed by atoms with van der Waals surface area (Å²) >= 11 is 0. The fourth-order valence-electron chi connectivity index (χ4n) is 6.07. The summed E-state index contributed by atoms with van der Waals surface area (Å²) in [7, 11) is 2.31. The Bertz CT molecular complexity index is 1070. The average Bonchev–Trinajstić information content (AvgIpc) is 3.59. The first kappa shape index (κ1) is 21.4. The summed E-state index contributed by atoms with van der Waals surface area (Å²) in [6.07, 6.45) is 9.80. The van der Waals surface area contributed by atoms with Crippen molar-refractivity contribution in [1.29, 1.82) is 0 Å². The minimum absolute atomic E-state index is 0.0143. The minimum Gasteiger partial charge on any atom is -0.340 e. The van der Waals surface area contributed by atoms with E-state index < -0.39 is 0 Å². The van der Waals surface area contributed by atoms with E-state index >= 15 is 0 Å². The molecular formula is C26H35N5O. The molecule has 32 heavy (non-hydrogen) atoms. The lowest BCUT2D eigenvalue weighted by atomic mass is 9.76. The van der Waals surface area contributed by atoms with Crippen LogP contribution in [0, 0.1) is 19.8 Å². The van der Waals surface area contributed by atoms with Crippen LogP contribution in [0.1, 0.15) is 81.0 Å². The zero-order chi connectivity index (χ0) is 22.7. The largest absolute Gasteiger partial charge is 0.340 e. The van der Waals surface area contributed by atoms with Gasteiger partial charge in [-0.15, -0.1) is 0 Å². The van der Waals surface area contributed by atoms with Crippen LogP contribution in [0.5, 0.6) is 0 Å². The van der Waals surface area contributed by atoms with Gasteiger partial charge >= 0.3 is 0 Å². The molecule has 0 atom stereocenters. The first-order valence-corrected chi connectivity index (χ1v) is 12.0. The third-order valence-corrected chi connectivity index (χ3v) is 8.15. The highest BCUT2D eigenvalue weighted by Gasteiger charge is 2.52. The molecule has 1 aliphatic heterocycles. The van der Waals surface area contributed by atoms with E-state index in [0.29, 0.717) is 5.82 Å². The summed E-state index contributed by atoms with van der Waals surface area (Å²) in [4.78, 5) is 23.7. The van der Waals surface area contributed by atoms with Crippen LogP contribution in [-0.4, -0.2) is 27.8 Å². The van der Waals surface area contributed by atoms with Gasteiger partial charge in [0.1, 0.15) is 18.0 Å². The minimum atomic E-state index is 0.0143. The molecule has 2 aromatic rings. The Morgan fingerprint density at radius 1 is 1.06 bits per heavy atom. The molecule has 2 N–H and O–H groups in total. The van der Waals surface area contributed by atoms with Crippen molar-refractivity contribution in [2.24, 2.45) is 5.92 Å². The molecule has 2 heterocycles. The Balaban J connectivity index is 1.50. The highest BCUT2D eigenvalue weighted by molar-refractivity contribution is 5.94. The SMILES string of the molecule is Cc1cc(Nc2ncnc(NC(=O)C3CC3)c2C)cc2c1C(C)(C)N(C)C21CCCCC1. The smallest absolute Gasteiger partial charge is 0.228 e. The fraction of sp³-hybridized carbons (Fsp3) is 0.577. The Morgan fingerprint density at radius 3 is 2.44 bits per heavy atom. The Morgan fingerprint density at radius 2 is 1.75 bits per heavy atom. The van der Waals surface area contributed by atoms with Crippen molar-refractivity contribution >= 4 is 23.2 Å². The number of amides is 1. The standard InChI is InChI=1S/C26H35N5O/c1-16-13-19(29-22-17(2)23(28-15-27-22)30-24(32)18-9-10-18)14-20-21(16)25(3,4)31(5)26(20)11-7-6-8-12-26/h13-15,18H,6-12H2,1-5H3,(H2,27,28,29,30,32). The van der Waals surface area contributed by atoms with Gasteiger partial charge in [-0.25, -0.2) is 9.97 Å². The first-order valence-electron chi connectivity index (χ1n) is 12.0. The summed E-state index contributed by atoms with van der Waals surface area (Å²) in [6, 6.07) is 4.59. The van der Waals surface area contributed by atoms with Gasteiger partial charge in [-0.3, -0.25) is 9.69 Å². The second-order valence-electron chi connectivity index (χ2n) is 10.5. The number of aromatic nitrogens is 2. The van der Waals surface area contributed by atoms with Gasteiger partial charge in [0.2, 0.25) is 5.91 Å². The number of aryl methyl sites for hydroxylation is 1. The van der Waals surface area contributed by atoms with E-state index in [-0.39, 0.29) is 22.9 Å². The Kier molecular flexibility index (Phi) is 5.04. The molecular weight excluding hydrogens is 398 g/mol. The predicted octanol–water partition coefficient (Wildman–Crippen LogP) is 5.53. The lowest BCUT2D eigenvalue weighted by molar-refractivity contribution is -0.117. The Labute approximate surface area is 191 Å². The van der Waals surface area contributed by atoms with Gasteiger partial charge in [0.25, 0.3) is 0 Å². The number of carbonyl (C=O) groups is 1. The van der Waals surface area contributed by atoms with Crippen molar-refractivity contribution in [3.8, 4) is 0 Å².